The van der Waals surface area contributed by atoms with Crippen LogP contribution in [-0.4, -0.2) is 69.9 Å². The van der Waals surface area contributed by atoms with Crippen LogP contribution in [0.15, 0.2) is 60.7 Å². The third-order valence-corrected chi connectivity index (χ3v) is 8.46. The highest BCUT2D eigenvalue weighted by atomic mass is 16.3. The first-order valence-electron chi connectivity index (χ1n) is 14.6. The number of nitrogens with one attached hydrogen (secondary N) is 4. The summed E-state index contributed by atoms with van der Waals surface area (Å²) in [5.41, 5.74) is 1.89. The molecule has 5 rings (SSSR count). The standard InChI is InChI=1S/C32H39N5O5/c1-32(2)13-15-37(31(42)25-16-21-10-6-7-11-23(21)35-25)26(18-32)29(40)36-24(17-22-12-14-33-28(22)39)27(38)30(41)34-19-20-8-4-3-5-9-20/h3-11,16,22,24,26-27,35,38H,12-15,17-19H2,1-2H3,(H,33,39)(H,34,41)(H,36,40)/t22-,24?,26-,27?/m0/s1. The maximum absolute atomic E-state index is 13.9. The van der Waals surface area contributed by atoms with Gasteiger partial charge in [-0.3, -0.25) is 19.2 Å². The molecule has 1 aromatic heterocycles. The predicted octanol–water partition coefficient (Wildman–Crippen LogP) is 2.49. The largest absolute Gasteiger partial charge is 0.381 e. The van der Waals surface area contributed by atoms with Crippen molar-refractivity contribution in [1.82, 2.24) is 25.8 Å². The van der Waals surface area contributed by atoms with Crippen molar-refractivity contribution in [1.29, 1.82) is 0 Å². The van der Waals surface area contributed by atoms with Gasteiger partial charge in [-0.25, -0.2) is 0 Å². The van der Waals surface area contributed by atoms with Gasteiger partial charge in [0.2, 0.25) is 11.8 Å². The smallest absolute Gasteiger partial charge is 0.270 e. The third kappa shape index (κ3) is 6.65. The van der Waals surface area contributed by atoms with E-state index in [4.69, 9.17) is 0 Å². The van der Waals surface area contributed by atoms with E-state index in [2.05, 4.69) is 34.8 Å². The van der Waals surface area contributed by atoms with Crippen LogP contribution < -0.4 is 16.0 Å². The number of aromatic amines is 1. The van der Waals surface area contributed by atoms with Crippen LogP contribution >= 0.6 is 0 Å². The summed E-state index contributed by atoms with van der Waals surface area (Å²) in [7, 11) is 0. The number of carbonyl (C=O) groups excluding carboxylic acids is 4. The summed E-state index contributed by atoms with van der Waals surface area (Å²) in [6.07, 6.45) is 0.200. The van der Waals surface area contributed by atoms with Crippen molar-refractivity contribution in [2.24, 2.45) is 11.3 Å². The SMILES string of the molecule is CC1(C)CCN(C(=O)c2cc3ccccc3[nH]2)[C@H](C(=O)NC(C[C@@H]2CCNC2=O)C(O)C(=O)NCc2ccccc2)C1. The lowest BCUT2D eigenvalue weighted by atomic mass is 9.78. The third-order valence-electron chi connectivity index (χ3n) is 8.46. The molecule has 5 N–H and O–H groups in total. The minimum atomic E-state index is -1.58. The predicted molar refractivity (Wildman–Crippen MR) is 158 cm³/mol. The van der Waals surface area contributed by atoms with Crippen LogP contribution in [-0.2, 0) is 20.9 Å². The van der Waals surface area contributed by atoms with Crippen LogP contribution in [0.4, 0.5) is 0 Å². The van der Waals surface area contributed by atoms with E-state index in [0.717, 1.165) is 22.9 Å². The van der Waals surface area contributed by atoms with Crippen LogP contribution in [0.1, 0.15) is 55.6 Å². The van der Waals surface area contributed by atoms with Gasteiger partial charge in [-0.2, -0.15) is 0 Å². The van der Waals surface area contributed by atoms with E-state index in [9.17, 15) is 24.3 Å². The Morgan fingerprint density at radius 1 is 1.10 bits per heavy atom. The molecule has 0 aliphatic carbocycles. The molecule has 10 nitrogen and oxygen atoms in total. The number of benzene rings is 2. The van der Waals surface area contributed by atoms with E-state index >= 15 is 0 Å². The monoisotopic (exact) mass is 573 g/mol. The molecular weight excluding hydrogens is 534 g/mol. The molecule has 4 atom stereocenters. The molecule has 0 spiro atoms. The van der Waals surface area contributed by atoms with Gasteiger partial charge in [0.15, 0.2) is 6.10 Å². The molecule has 2 aliphatic heterocycles. The molecule has 10 heteroatoms. The Hall–Kier alpha value is -4.18. The molecule has 0 radical (unpaired) electrons. The second-order valence-electron chi connectivity index (χ2n) is 12.2. The number of carbonyl (C=O) groups is 4. The van der Waals surface area contributed by atoms with E-state index in [1.165, 1.54) is 0 Å². The number of H-pyrrole nitrogens is 1. The number of piperidine rings is 1. The molecular formula is C32H39N5O5. The first kappa shape index (κ1) is 29.3. The van der Waals surface area contributed by atoms with Crippen molar-refractivity contribution in [3.8, 4) is 0 Å². The highest BCUT2D eigenvalue weighted by Gasteiger charge is 2.42. The Morgan fingerprint density at radius 2 is 1.83 bits per heavy atom. The number of aromatic nitrogens is 1. The molecule has 222 valence electrons. The first-order chi connectivity index (χ1) is 20.1. The fourth-order valence-electron chi connectivity index (χ4n) is 5.93. The average molecular weight is 574 g/mol. The molecule has 2 unspecified atom stereocenters. The Labute approximate surface area is 245 Å². The number of fused-ring (bicyclic) bond motifs is 1. The van der Waals surface area contributed by atoms with E-state index in [1.807, 2.05) is 54.6 Å². The number of likely N-dealkylation sites (tertiary alicyclic amines) is 1. The van der Waals surface area contributed by atoms with Crippen molar-refractivity contribution < 1.29 is 24.3 Å². The lowest BCUT2D eigenvalue weighted by Gasteiger charge is -2.43. The Bertz CT molecular complexity index is 1420. The van der Waals surface area contributed by atoms with Crippen LogP contribution in [0.2, 0.25) is 0 Å². The molecule has 4 amide bonds. The molecule has 0 saturated carbocycles. The van der Waals surface area contributed by atoms with Gasteiger partial charge in [0, 0.05) is 36.5 Å². The van der Waals surface area contributed by atoms with Crippen molar-refractivity contribution in [2.75, 3.05) is 13.1 Å². The van der Waals surface area contributed by atoms with Crippen LogP contribution in [0.25, 0.3) is 10.9 Å². The summed E-state index contributed by atoms with van der Waals surface area (Å²) in [5.74, 6) is -1.99. The minimum Gasteiger partial charge on any atom is -0.381 e. The van der Waals surface area contributed by atoms with Gasteiger partial charge in [0.1, 0.15) is 11.7 Å². The number of rotatable bonds is 9. The number of hydrogen-bond donors (Lipinski definition) is 5. The van der Waals surface area contributed by atoms with E-state index in [-0.39, 0.29) is 30.2 Å². The number of aliphatic hydroxyl groups excluding tert-OH is 1. The van der Waals surface area contributed by atoms with Crippen molar-refractivity contribution in [3.63, 3.8) is 0 Å². The molecule has 2 saturated heterocycles. The van der Waals surface area contributed by atoms with Gasteiger partial charge in [-0.05, 0) is 48.8 Å². The molecule has 2 fully saturated rings. The second-order valence-corrected chi connectivity index (χ2v) is 12.2. The van der Waals surface area contributed by atoms with Crippen molar-refractivity contribution in [2.45, 2.75) is 64.3 Å². The van der Waals surface area contributed by atoms with Gasteiger partial charge in [-0.1, -0.05) is 62.4 Å². The Kier molecular flexibility index (Phi) is 8.63. The number of para-hydroxylation sites is 1. The van der Waals surface area contributed by atoms with Gasteiger partial charge < -0.3 is 30.9 Å². The van der Waals surface area contributed by atoms with Crippen molar-refractivity contribution in [3.05, 3.63) is 71.9 Å². The van der Waals surface area contributed by atoms with Crippen LogP contribution in [0, 0.1) is 11.3 Å². The van der Waals surface area contributed by atoms with Gasteiger partial charge in [0.25, 0.3) is 11.8 Å². The lowest BCUT2D eigenvalue weighted by Crippen LogP contribution is -2.59. The zero-order valence-corrected chi connectivity index (χ0v) is 24.1. The molecule has 2 aromatic carbocycles. The van der Waals surface area contributed by atoms with Crippen LogP contribution in [0.5, 0.6) is 0 Å². The maximum Gasteiger partial charge on any atom is 0.270 e. The molecule has 3 heterocycles. The average Bonchev–Trinajstić information content (AvgIpc) is 3.60. The molecule has 3 aromatic rings. The molecule has 0 bridgehead atoms. The summed E-state index contributed by atoms with van der Waals surface area (Å²) >= 11 is 0. The fourth-order valence-corrected chi connectivity index (χ4v) is 5.93. The first-order valence-corrected chi connectivity index (χ1v) is 14.6. The van der Waals surface area contributed by atoms with Gasteiger partial charge >= 0.3 is 0 Å². The quantitative estimate of drug-likeness (QED) is 0.267. The lowest BCUT2D eigenvalue weighted by molar-refractivity contribution is -0.136. The summed E-state index contributed by atoms with van der Waals surface area (Å²) in [6.45, 7) is 5.22. The Balaban J connectivity index is 1.35. The van der Waals surface area contributed by atoms with Gasteiger partial charge in [0.05, 0.1) is 6.04 Å². The summed E-state index contributed by atoms with van der Waals surface area (Å²) in [5, 5.41) is 20.4. The van der Waals surface area contributed by atoms with Crippen LogP contribution in [0.3, 0.4) is 0 Å². The maximum atomic E-state index is 13.9. The summed E-state index contributed by atoms with van der Waals surface area (Å²) < 4.78 is 0. The van der Waals surface area contributed by atoms with Crippen molar-refractivity contribution >= 4 is 34.5 Å². The highest BCUT2D eigenvalue weighted by molar-refractivity contribution is 6.00. The number of amides is 4. The highest BCUT2D eigenvalue weighted by Crippen LogP contribution is 2.35. The zero-order chi connectivity index (χ0) is 29.9. The summed E-state index contributed by atoms with van der Waals surface area (Å²) in [4.78, 5) is 57.8. The topological polar surface area (TPSA) is 144 Å². The normalized spacial score (nSPS) is 21.4. The summed E-state index contributed by atoms with van der Waals surface area (Å²) in [6, 6.07) is 16.9. The number of aliphatic hydroxyl groups is 1. The Morgan fingerprint density at radius 3 is 2.55 bits per heavy atom. The number of hydrogen-bond acceptors (Lipinski definition) is 5. The molecule has 2 aliphatic rings. The fraction of sp³-hybridized carbons (Fsp3) is 0.438. The van der Waals surface area contributed by atoms with E-state index in [0.29, 0.717) is 31.6 Å². The minimum absolute atomic E-state index is 0.101. The van der Waals surface area contributed by atoms with Gasteiger partial charge in [-0.15, -0.1) is 0 Å². The van der Waals surface area contributed by atoms with E-state index in [1.54, 1.807) is 11.0 Å². The number of nitrogens with zero attached hydrogens (tertiary/aromatic N) is 1. The second kappa shape index (κ2) is 12.4. The zero-order valence-electron chi connectivity index (χ0n) is 24.1. The van der Waals surface area contributed by atoms with E-state index < -0.39 is 35.9 Å². The molecule has 42 heavy (non-hydrogen) atoms.